The number of benzene rings is 5. The van der Waals surface area contributed by atoms with Crippen molar-refractivity contribution in [1.29, 1.82) is 0 Å². The second-order valence-corrected chi connectivity index (χ2v) is 16.2. The molecule has 4 aromatic heterocycles. The number of aryl methyl sites for hydroxylation is 5. The minimum absolute atomic E-state index is 0. The smallest absolute Gasteiger partial charge is 0.155 e. The monoisotopic (exact) mass is 1680 g/mol. The van der Waals surface area contributed by atoms with Crippen molar-refractivity contribution in [1.82, 2.24) is 39.1 Å². The Hall–Kier alpha value is -5.34. The van der Waals surface area contributed by atoms with Gasteiger partial charge in [0.1, 0.15) is 0 Å². The first-order valence-electron chi connectivity index (χ1n) is 22.1. The van der Waals surface area contributed by atoms with E-state index >= 15 is 0 Å². The number of rotatable bonds is 7. The van der Waals surface area contributed by atoms with Crippen LogP contribution in [0.25, 0.3) is 33.9 Å². The van der Waals surface area contributed by atoms with Gasteiger partial charge in [-0.25, -0.2) is 0 Å². The minimum atomic E-state index is -0.125. The molecular weight excluding hydrogens is 1620 g/mol. The molecule has 0 saturated carbocycles. The van der Waals surface area contributed by atoms with Crippen molar-refractivity contribution in [3.63, 3.8) is 0 Å². The summed E-state index contributed by atoms with van der Waals surface area (Å²) in [5.41, 5.74) is 16.9. The van der Waals surface area contributed by atoms with Gasteiger partial charge in [-0.2, -0.15) is 98.3 Å². The van der Waals surface area contributed by atoms with Gasteiger partial charge in [0.2, 0.25) is 0 Å². The van der Waals surface area contributed by atoms with Crippen molar-refractivity contribution in [3.8, 4) is 39.6 Å². The van der Waals surface area contributed by atoms with Crippen LogP contribution < -0.4 is 4.74 Å². The molecule has 72 heavy (non-hydrogen) atoms. The summed E-state index contributed by atoms with van der Waals surface area (Å²) in [6.07, 6.45) is 8.69. The summed E-state index contributed by atoms with van der Waals surface area (Å²) < 4.78 is 12.7. The molecule has 0 atom stereocenters. The third-order valence-corrected chi connectivity index (χ3v) is 10.8. The van der Waals surface area contributed by atoms with Gasteiger partial charge in [0.25, 0.3) is 0 Å². The standard InChI is InChI=1S/C17H15N2.C12H13N2O.C12H13N2.C11H11N2.C5H8O2.Ir.3Pt/c1-13-7-6-10-16(11-13)19-14(2)17(12-18-19)15-8-4-3-5-9-15;1-9-8-13-14(10(9)2)11-4-6-12(15-3)7-5-11;1-9-5-4-6-12(7-9)14-11(3)10(2)8-13-14;1-9-8-12-13(10(9)2)11-6-4-3-5-7-11;1-4(6)3-5(2)7;;;;/h3-9,11-12H,1-2H3;4,6-8H,1-3H3;4-5,7-8H,1-3H3;3-6,8H,1-2H3;3,6H,1-2H3;;;;/q4*-1;;;;;. The Bertz CT molecular complexity index is 3050. The normalized spacial score (nSPS) is 9.97. The van der Waals surface area contributed by atoms with Gasteiger partial charge in [0, 0.05) is 123 Å². The zero-order valence-electron chi connectivity index (χ0n) is 42.4. The number of aliphatic hydroxyl groups is 1. The van der Waals surface area contributed by atoms with Gasteiger partial charge >= 0.3 is 0 Å². The number of carbonyl (C=O) groups excluding carboxylic acids is 1. The van der Waals surface area contributed by atoms with Crippen LogP contribution in [0.5, 0.6) is 5.75 Å². The van der Waals surface area contributed by atoms with Gasteiger partial charge < -0.3 is 9.84 Å². The molecule has 5 aromatic carbocycles. The molecule has 9 aromatic rings. The Morgan fingerprint density at radius 3 is 1.32 bits per heavy atom. The van der Waals surface area contributed by atoms with Gasteiger partial charge in [-0.3, -0.25) is 23.5 Å². The molecule has 0 spiro atoms. The number of methoxy groups -OCH3 is 1. The third-order valence-electron chi connectivity index (χ3n) is 10.8. The number of aliphatic hydroxyl groups excluding tert-OH is 1. The number of nitrogens with zero attached hydrogens (tertiary/aromatic N) is 8. The zero-order chi connectivity index (χ0) is 49.3. The van der Waals surface area contributed by atoms with E-state index in [0.29, 0.717) is 0 Å². The molecule has 9 rings (SSSR count). The topological polar surface area (TPSA) is 118 Å². The maximum Gasteiger partial charge on any atom is 0.155 e. The summed E-state index contributed by atoms with van der Waals surface area (Å²) in [4.78, 5) is 10.0. The van der Waals surface area contributed by atoms with Crippen molar-refractivity contribution < 1.29 is 97.9 Å². The van der Waals surface area contributed by atoms with Crippen LogP contribution in [0.3, 0.4) is 0 Å². The van der Waals surface area contributed by atoms with Crippen molar-refractivity contribution >= 4 is 5.78 Å². The summed E-state index contributed by atoms with van der Waals surface area (Å²) >= 11 is 0. The third kappa shape index (κ3) is 18.6. The predicted molar refractivity (Wildman–Crippen MR) is 271 cm³/mol. The van der Waals surface area contributed by atoms with Crippen LogP contribution in [0, 0.1) is 86.6 Å². The Kier molecular flexibility index (Phi) is 28.7. The molecule has 0 amide bonds. The first-order valence-corrected chi connectivity index (χ1v) is 22.1. The Morgan fingerprint density at radius 1 is 0.528 bits per heavy atom. The second kappa shape index (κ2) is 32.0. The van der Waals surface area contributed by atoms with E-state index in [9.17, 15) is 4.79 Å². The molecule has 0 aliphatic rings. The first kappa shape index (κ1) is 64.7. The SMILES string of the molecule is CC(=O)C=C(C)O.COc1c[c-]c(-n2ncc(C)c2C)cc1.Cc1cc[c-]c(-n2ncc(-c3ccccc3)c2C)c1.Cc1cc[c-]c(-n2ncc(C)c2C)c1.Cc1cnn(-c2[c-]cccc2)c1C.[Ir].[Pt].[Pt].[Pt]. The van der Waals surface area contributed by atoms with Gasteiger partial charge in [-0.05, 0) is 107 Å². The molecule has 0 bridgehead atoms. The predicted octanol–water partition coefficient (Wildman–Crippen LogP) is 12.2. The number of hydrogen-bond donors (Lipinski definition) is 1. The van der Waals surface area contributed by atoms with E-state index in [1.165, 1.54) is 64.7 Å². The summed E-state index contributed by atoms with van der Waals surface area (Å²) in [7, 11) is 1.64. The fourth-order valence-corrected chi connectivity index (χ4v) is 6.60. The van der Waals surface area contributed by atoms with Gasteiger partial charge in [-0.15, -0.1) is 36.4 Å². The van der Waals surface area contributed by atoms with E-state index in [0.717, 1.165) is 45.5 Å². The van der Waals surface area contributed by atoms with E-state index in [2.05, 4.69) is 117 Å². The first-order chi connectivity index (χ1) is 32.6. The number of aromatic nitrogens is 8. The van der Waals surface area contributed by atoms with Crippen molar-refractivity contribution in [2.75, 3.05) is 7.11 Å². The molecule has 1 N–H and O–H groups in total. The Labute approximate surface area is 482 Å². The molecule has 11 nitrogen and oxygen atoms in total. The number of ether oxygens (including phenoxy) is 1. The maximum absolute atomic E-state index is 10.0. The Balaban J connectivity index is 0.000000455. The molecule has 15 heteroatoms. The molecule has 389 valence electrons. The van der Waals surface area contributed by atoms with Crippen molar-refractivity contribution in [3.05, 3.63) is 221 Å². The number of ketones is 1. The van der Waals surface area contributed by atoms with E-state index in [1.54, 1.807) is 7.11 Å². The van der Waals surface area contributed by atoms with Crippen LogP contribution in [-0.2, 0) is 88.1 Å². The number of allylic oxidation sites excluding steroid dienone is 2. The van der Waals surface area contributed by atoms with E-state index in [1.807, 2.05) is 142 Å². The van der Waals surface area contributed by atoms with E-state index in [4.69, 9.17) is 9.84 Å². The molecular formula is C57H60IrN8O3Pt3-4. The summed E-state index contributed by atoms with van der Waals surface area (Å²) in [6, 6.07) is 48.6. The van der Waals surface area contributed by atoms with Gasteiger partial charge in [0.05, 0.1) is 37.7 Å². The fraction of sp³-hybridized carbons (Fsp3) is 0.211. The average Bonchev–Trinajstić information content (AvgIpc) is 4.09. The van der Waals surface area contributed by atoms with Gasteiger partial charge in [0.15, 0.2) is 5.78 Å². The van der Waals surface area contributed by atoms with E-state index < -0.39 is 0 Å². The fourth-order valence-electron chi connectivity index (χ4n) is 6.60. The van der Waals surface area contributed by atoms with Crippen LogP contribution in [0.4, 0.5) is 0 Å². The second-order valence-electron chi connectivity index (χ2n) is 16.2. The van der Waals surface area contributed by atoms with Crippen LogP contribution >= 0.6 is 0 Å². The molecule has 1 radical (unpaired) electrons. The molecule has 0 aliphatic heterocycles. The molecule has 0 fully saturated rings. The number of hydrogen-bond acceptors (Lipinski definition) is 7. The number of carbonyl (C=O) groups is 1. The van der Waals surface area contributed by atoms with Crippen molar-refractivity contribution in [2.24, 2.45) is 0 Å². The molecule has 4 heterocycles. The summed E-state index contributed by atoms with van der Waals surface area (Å²) in [5, 5.41) is 25.7. The molecule has 0 aliphatic carbocycles. The van der Waals surface area contributed by atoms with Crippen molar-refractivity contribution in [2.45, 2.75) is 76.2 Å². The van der Waals surface area contributed by atoms with Crippen LogP contribution in [0.1, 0.15) is 64.4 Å². The summed E-state index contributed by atoms with van der Waals surface area (Å²) in [6.45, 7) is 21.4. The number of para-hydroxylation sites is 1. The van der Waals surface area contributed by atoms with E-state index in [-0.39, 0.29) is 94.8 Å². The van der Waals surface area contributed by atoms with Crippen LogP contribution in [-0.4, -0.2) is 57.1 Å². The summed E-state index contributed by atoms with van der Waals surface area (Å²) in [5.74, 6) is 0.743. The van der Waals surface area contributed by atoms with Crippen LogP contribution in [0.15, 0.2) is 146 Å². The quantitative estimate of drug-likeness (QED) is 0.0959. The zero-order valence-corrected chi connectivity index (χ0v) is 51.6. The minimum Gasteiger partial charge on any atom is -0.554 e. The Morgan fingerprint density at radius 2 is 0.958 bits per heavy atom. The van der Waals surface area contributed by atoms with Gasteiger partial charge in [-0.1, -0.05) is 44.2 Å². The molecule has 0 saturated heterocycles. The maximum atomic E-state index is 10.0. The largest absolute Gasteiger partial charge is 0.554 e. The average molecular weight is 1680 g/mol. The molecule has 0 unspecified atom stereocenters. The van der Waals surface area contributed by atoms with Crippen LogP contribution in [0.2, 0.25) is 0 Å².